The molecule has 0 saturated carbocycles. The van der Waals surface area contributed by atoms with Gasteiger partial charge in [0.2, 0.25) is 0 Å². The third-order valence-electron chi connectivity index (χ3n) is 3.54. The molecule has 0 radical (unpaired) electrons. The van der Waals surface area contributed by atoms with Crippen LogP contribution in [0, 0.1) is 0 Å². The molecule has 0 unspecified atom stereocenters. The van der Waals surface area contributed by atoms with Gasteiger partial charge in [-0.1, -0.05) is 42.5 Å². The molecular weight excluding hydrogens is 274 g/mol. The van der Waals surface area contributed by atoms with Gasteiger partial charge in [0, 0.05) is 0 Å². The Hall–Kier alpha value is -1.84. The molecule has 22 heavy (non-hydrogen) atoms. The number of aliphatic hydroxyl groups excluding tert-OH is 1. The van der Waals surface area contributed by atoms with Gasteiger partial charge in [0.05, 0.1) is 19.3 Å². The average molecular weight is 300 g/mol. The maximum Gasteiger partial charge on any atom is 0.119 e. The quantitative estimate of drug-likeness (QED) is 0.699. The van der Waals surface area contributed by atoms with Gasteiger partial charge >= 0.3 is 0 Å². The number of hydrogen-bond acceptors (Lipinski definition) is 2. The summed E-state index contributed by atoms with van der Waals surface area (Å²) in [7, 11) is 0. The first-order valence-corrected chi connectivity index (χ1v) is 8.04. The van der Waals surface area contributed by atoms with E-state index in [4.69, 9.17) is 9.84 Å². The van der Waals surface area contributed by atoms with Crippen LogP contribution in [-0.2, 0) is 0 Å². The summed E-state index contributed by atoms with van der Waals surface area (Å²) < 4.78 is 5.76. The van der Waals surface area contributed by atoms with E-state index in [0.717, 1.165) is 38.3 Å². The van der Waals surface area contributed by atoms with Gasteiger partial charge in [-0.3, -0.25) is 0 Å². The number of hydrogen-bond donors (Lipinski definition) is 2. The highest BCUT2D eigenvalue weighted by molar-refractivity contribution is 5.63. The molecule has 0 aliphatic rings. The van der Waals surface area contributed by atoms with Crippen molar-refractivity contribution in [3.8, 4) is 16.9 Å². The molecule has 2 rings (SSSR count). The second kappa shape index (κ2) is 9.23. The third-order valence-corrected chi connectivity index (χ3v) is 3.54. The van der Waals surface area contributed by atoms with Crippen LogP contribution in [0.5, 0.6) is 5.75 Å². The second-order valence-electron chi connectivity index (χ2n) is 5.61. The van der Waals surface area contributed by atoms with Crippen molar-refractivity contribution in [2.45, 2.75) is 25.9 Å². The zero-order valence-electron chi connectivity index (χ0n) is 13.2. The molecule has 0 saturated heterocycles. The fraction of sp³-hybridized carbons (Fsp3) is 0.368. The van der Waals surface area contributed by atoms with E-state index in [1.807, 2.05) is 37.3 Å². The number of nitrogens with two attached hydrogens (primary N) is 1. The number of quaternary nitrogens is 1. The first-order valence-electron chi connectivity index (χ1n) is 8.04. The van der Waals surface area contributed by atoms with Gasteiger partial charge in [0.1, 0.15) is 12.3 Å². The number of rotatable bonds is 9. The fourth-order valence-electron chi connectivity index (χ4n) is 2.31. The standard InChI is InChI=1S/C19H25NO2/c1-16(21)15-20-13-5-6-14-22-19-11-9-18(10-12-19)17-7-3-2-4-8-17/h2-4,7-12,16,20-21H,5-6,13-15H2,1H3/p+1/t16-/m0/s1. The van der Waals surface area contributed by atoms with E-state index in [9.17, 15) is 0 Å². The summed E-state index contributed by atoms with van der Waals surface area (Å²) in [4.78, 5) is 0. The number of unbranched alkanes of at least 4 members (excludes halogenated alkanes) is 1. The van der Waals surface area contributed by atoms with E-state index in [-0.39, 0.29) is 6.10 Å². The summed E-state index contributed by atoms with van der Waals surface area (Å²) >= 11 is 0. The lowest BCUT2D eigenvalue weighted by Crippen LogP contribution is -2.86. The van der Waals surface area contributed by atoms with Crippen LogP contribution in [0.15, 0.2) is 54.6 Å². The third kappa shape index (κ3) is 5.88. The van der Waals surface area contributed by atoms with Crippen LogP contribution in [0.3, 0.4) is 0 Å². The minimum atomic E-state index is -0.223. The highest BCUT2D eigenvalue weighted by Gasteiger charge is 2.00. The molecule has 0 aliphatic heterocycles. The minimum absolute atomic E-state index is 0.223. The zero-order chi connectivity index (χ0) is 15.6. The molecule has 3 nitrogen and oxygen atoms in total. The molecule has 0 spiro atoms. The fourth-order valence-corrected chi connectivity index (χ4v) is 2.31. The molecule has 3 N–H and O–H groups in total. The summed E-state index contributed by atoms with van der Waals surface area (Å²) in [6.45, 7) is 4.38. The molecule has 0 aliphatic carbocycles. The van der Waals surface area contributed by atoms with Gasteiger partial charge in [0.15, 0.2) is 0 Å². The first-order chi connectivity index (χ1) is 10.8. The van der Waals surface area contributed by atoms with Crippen LogP contribution in [0.2, 0.25) is 0 Å². The molecule has 0 fully saturated rings. The van der Waals surface area contributed by atoms with Crippen molar-refractivity contribution in [3.63, 3.8) is 0 Å². The molecular formula is C19H26NO2+. The van der Waals surface area contributed by atoms with Crippen molar-refractivity contribution in [1.29, 1.82) is 0 Å². The van der Waals surface area contributed by atoms with Crippen molar-refractivity contribution < 1.29 is 15.2 Å². The van der Waals surface area contributed by atoms with Crippen LogP contribution in [0.25, 0.3) is 11.1 Å². The summed E-state index contributed by atoms with van der Waals surface area (Å²) in [5.41, 5.74) is 2.43. The van der Waals surface area contributed by atoms with E-state index >= 15 is 0 Å². The van der Waals surface area contributed by atoms with E-state index in [0.29, 0.717) is 0 Å². The van der Waals surface area contributed by atoms with Crippen molar-refractivity contribution in [2.24, 2.45) is 0 Å². The molecule has 0 bridgehead atoms. The van der Waals surface area contributed by atoms with Gasteiger partial charge in [-0.2, -0.15) is 0 Å². The average Bonchev–Trinajstić information content (AvgIpc) is 2.55. The lowest BCUT2D eigenvalue weighted by Gasteiger charge is -2.08. The summed E-state index contributed by atoms with van der Waals surface area (Å²) in [5.74, 6) is 0.924. The largest absolute Gasteiger partial charge is 0.494 e. The maximum absolute atomic E-state index is 9.15. The predicted octanol–water partition coefficient (Wildman–Crippen LogP) is 2.46. The molecule has 0 amide bonds. The smallest absolute Gasteiger partial charge is 0.119 e. The highest BCUT2D eigenvalue weighted by Crippen LogP contribution is 2.22. The normalized spacial score (nSPS) is 12.1. The molecule has 3 heteroatoms. The van der Waals surface area contributed by atoms with E-state index in [1.165, 1.54) is 11.1 Å². The van der Waals surface area contributed by atoms with Gasteiger partial charge in [-0.15, -0.1) is 0 Å². The molecule has 118 valence electrons. The Kier molecular flexibility index (Phi) is 6.94. The number of aliphatic hydroxyl groups is 1. The van der Waals surface area contributed by atoms with Gasteiger partial charge in [-0.05, 0) is 43.0 Å². The number of benzene rings is 2. The van der Waals surface area contributed by atoms with Crippen molar-refractivity contribution in [2.75, 3.05) is 19.7 Å². The van der Waals surface area contributed by atoms with E-state index in [1.54, 1.807) is 0 Å². The topological polar surface area (TPSA) is 46.1 Å². The van der Waals surface area contributed by atoms with Crippen LogP contribution >= 0.6 is 0 Å². The van der Waals surface area contributed by atoms with Gasteiger partial charge < -0.3 is 15.2 Å². The molecule has 0 aromatic heterocycles. The Morgan fingerprint density at radius 3 is 2.32 bits per heavy atom. The second-order valence-corrected chi connectivity index (χ2v) is 5.61. The molecule has 1 atom stereocenters. The Balaban J connectivity index is 1.67. The van der Waals surface area contributed by atoms with E-state index < -0.39 is 0 Å². The van der Waals surface area contributed by atoms with Crippen LogP contribution in [0.4, 0.5) is 0 Å². The lowest BCUT2D eigenvalue weighted by atomic mass is 10.1. The van der Waals surface area contributed by atoms with Crippen molar-refractivity contribution >= 4 is 0 Å². The Labute approximate surface area is 133 Å². The summed E-state index contributed by atoms with van der Waals surface area (Å²) in [6, 6.07) is 18.6. The molecule has 2 aromatic rings. The minimum Gasteiger partial charge on any atom is -0.494 e. The van der Waals surface area contributed by atoms with Crippen LogP contribution in [0.1, 0.15) is 19.8 Å². The summed E-state index contributed by atoms with van der Waals surface area (Å²) in [6.07, 6.45) is 1.92. The van der Waals surface area contributed by atoms with E-state index in [2.05, 4.69) is 29.6 Å². The highest BCUT2D eigenvalue weighted by atomic mass is 16.5. The lowest BCUT2D eigenvalue weighted by molar-refractivity contribution is -0.660. The molecule has 0 heterocycles. The zero-order valence-corrected chi connectivity index (χ0v) is 13.2. The van der Waals surface area contributed by atoms with Gasteiger partial charge in [0.25, 0.3) is 0 Å². The summed E-state index contributed by atoms with van der Waals surface area (Å²) in [5, 5.41) is 11.3. The number of ether oxygens (including phenoxy) is 1. The monoisotopic (exact) mass is 300 g/mol. The van der Waals surface area contributed by atoms with Crippen LogP contribution < -0.4 is 10.1 Å². The predicted molar refractivity (Wildman–Crippen MR) is 89.9 cm³/mol. The first kappa shape index (κ1) is 16.5. The van der Waals surface area contributed by atoms with Gasteiger partial charge in [-0.25, -0.2) is 0 Å². The SMILES string of the molecule is C[C@H](O)C[NH2+]CCCCOc1ccc(-c2ccccc2)cc1. The Morgan fingerprint density at radius 2 is 1.64 bits per heavy atom. The molecule has 2 aromatic carbocycles. The van der Waals surface area contributed by atoms with Crippen molar-refractivity contribution in [1.82, 2.24) is 0 Å². The maximum atomic E-state index is 9.15. The Bertz CT molecular complexity index is 523. The van der Waals surface area contributed by atoms with Crippen LogP contribution in [-0.4, -0.2) is 30.9 Å². The van der Waals surface area contributed by atoms with Crippen molar-refractivity contribution in [3.05, 3.63) is 54.6 Å². The Morgan fingerprint density at radius 1 is 0.955 bits per heavy atom.